The highest BCUT2D eigenvalue weighted by Crippen LogP contribution is 2.52. The van der Waals surface area contributed by atoms with E-state index >= 15 is 9.59 Å². The van der Waals surface area contributed by atoms with Crippen LogP contribution in [0.1, 0.15) is 63.5 Å². The third kappa shape index (κ3) is 7.57. The van der Waals surface area contributed by atoms with Crippen molar-refractivity contribution in [1.29, 1.82) is 0 Å². The van der Waals surface area contributed by atoms with Crippen LogP contribution in [0.25, 0.3) is 99.3 Å². The molecule has 4 fully saturated rings. The fraction of sp³-hybridized carbons (Fsp3) is 0.500. The third-order valence-corrected chi connectivity index (χ3v) is 17.7. The number of benzene rings is 7. The van der Waals surface area contributed by atoms with Gasteiger partial charge in [-0.2, -0.15) is 0 Å². The Morgan fingerprint density at radius 2 is 0.757 bits per heavy atom. The number of hydrogen-bond donors (Lipinski definition) is 0. The summed E-state index contributed by atoms with van der Waals surface area (Å²) in [6, 6.07) is 14.2. The molecule has 0 bridgehead atoms. The Bertz CT molecular complexity index is 3350. The molecular weight excluding hydrogens is 865 g/mol. The quantitative estimate of drug-likeness (QED) is 0.0930. The van der Waals surface area contributed by atoms with E-state index in [0.717, 1.165) is 151 Å². The monoisotopic (exact) mass is 939 g/mol. The number of piperidine rings is 2. The van der Waals surface area contributed by atoms with E-state index in [0.29, 0.717) is 17.3 Å². The van der Waals surface area contributed by atoms with E-state index in [1.807, 2.05) is 13.8 Å². The Hall–Kier alpha value is -4.94. The number of pyridine rings is 2. The first-order chi connectivity index (χ1) is 34.2. The van der Waals surface area contributed by atoms with Gasteiger partial charge in [0.05, 0.1) is 0 Å². The molecule has 13 rings (SSSR count). The minimum Gasteiger partial charge on any atom is -0.340 e. The Morgan fingerprint density at radius 1 is 0.371 bits per heavy atom. The highest BCUT2D eigenvalue weighted by Gasteiger charge is 2.30. The Kier molecular flexibility index (Phi) is 12.3. The van der Waals surface area contributed by atoms with Crippen LogP contribution in [-0.2, 0) is 25.9 Å². The number of hydrogen-bond acceptors (Lipinski definition) is 8. The Balaban J connectivity index is 0.00000249. The molecule has 0 atom stereocenters. The van der Waals surface area contributed by atoms with E-state index in [1.54, 1.807) is 4.57 Å². The zero-order chi connectivity index (χ0) is 47.9. The van der Waals surface area contributed by atoms with Gasteiger partial charge in [-0.05, 0) is 163 Å². The van der Waals surface area contributed by atoms with Crippen molar-refractivity contribution in [3.63, 3.8) is 0 Å². The van der Waals surface area contributed by atoms with Gasteiger partial charge in [0.2, 0.25) is 0 Å². The molecule has 10 nitrogen and oxygen atoms in total. The summed E-state index contributed by atoms with van der Waals surface area (Å²) in [7, 11) is 4.45. The van der Waals surface area contributed by atoms with Gasteiger partial charge in [-0.3, -0.25) is 14.2 Å². The van der Waals surface area contributed by atoms with E-state index in [9.17, 15) is 0 Å². The van der Waals surface area contributed by atoms with Crippen molar-refractivity contribution in [2.24, 2.45) is 0 Å². The summed E-state index contributed by atoms with van der Waals surface area (Å²) in [5.74, 6) is 0. The van der Waals surface area contributed by atoms with Crippen molar-refractivity contribution in [2.45, 2.75) is 78.3 Å². The molecule has 0 radical (unpaired) electrons. The zero-order valence-corrected chi connectivity index (χ0v) is 42.7. The van der Waals surface area contributed by atoms with Gasteiger partial charge in [-0.15, -0.1) is 0 Å². The minimum atomic E-state index is -0.143. The lowest BCUT2D eigenvalue weighted by atomic mass is 9.77. The SMILES string of the molecule is C=c1c2cc3cc(CCN4CCN(C)CC4)c4cc5c(=O)n(CCN6CCCCC6)c(=O)c6cc7cc(CCN8CCN(C)CC8)c8cc(c(=C)n1CCN1CCCCC1)c2c1c3c4c(c65)c7c81.CC. The molecule has 0 aliphatic carbocycles. The van der Waals surface area contributed by atoms with E-state index in [4.69, 9.17) is 13.2 Å². The average molecular weight is 939 g/mol. The van der Waals surface area contributed by atoms with Crippen LogP contribution in [-0.4, -0.2) is 157 Å². The molecule has 10 heteroatoms. The van der Waals surface area contributed by atoms with Crippen molar-refractivity contribution in [1.82, 2.24) is 38.5 Å². The topological polar surface area (TPSA) is 63.4 Å². The second-order valence-electron chi connectivity index (χ2n) is 21.7. The molecule has 4 aliphatic rings. The lowest BCUT2D eigenvalue weighted by Gasteiger charge is -2.33. The van der Waals surface area contributed by atoms with Gasteiger partial charge in [0, 0.05) is 140 Å². The average Bonchev–Trinajstić information content (AvgIpc) is 3.39. The molecule has 4 saturated heterocycles. The maximum absolute atomic E-state index is 15.2. The fourth-order valence-corrected chi connectivity index (χ4v) is 13.7. The maximum atomic E-state index is 15.2. The van der Waals surface area contributed by atoms with Gasteiger partial charge in [0.1, 0.15) is 0 Å². The molecular formula is C60H74N8O2. The normalized spacial score (nSPS) is 19.3. The number of aromatic nitrogens is 2. The number of likely N-dealkylation sites (N-methyl/N-ethyl adjacent to an activating group) is 2. The second-order valence-corrected chi connectivity index (χ2v) is 21.7. The van der Waals surface area contributed by atoms with Crippen LogP contribution in [0.5, 0.6) is 0 Å². The molecule has 0 unspecified atom stereocenters. The minimum absolute atomic E-state index is 0.140. The summed E-state index contributed by atoms with van der Waals surface area (Å²) in [5.41, 5.74) is 2.33. The van der Waals surface area contributed by atoms with Crippen LogP contribution in [0.2, 0.25) is 0 Å². The molecule has 70 heavy (non-hydrogen) atoms. The maximum Gasteiger partial charge on any atom is 0.261 e. The Morgan fingerprint density at radius 3 is 1.24 bits per heavy atom. The van der Waals surface area contributed by atoms with Crippen LogP contribution in [0, 0.1) is 0 Å². The van der Waals surface area contributed by atoms with Crippen molar-refractivity contribution in [2.75, 3.05) is 119 Å². The highest BCUT2D eigenvalue weighted by molar-refractivity contribution is 6.50. The lowest BCUT2D eigenvalue weighted by molar-refractivity contribution is 0.155. The standard InChI is InChI=1S/C58H68N8O2.C2H6/c1-37-43-33-41-31-40(12-18-64-25-21-60(4)22-26-64)46-36-48-52-47(57(67)66(58(48)68)30-28-62-15-9-6-10-16-62)34-42-32-39(11-17-63-23-19-59(3)20-24-63)45-35-44(38(2)65(37)29-27-61-13-7-5-8-14-61)51(43)55-49(41)54(46)56(52)50(42)53(45)55;1-2/h31-36H,1-2,5-30H2,3-4H3;1-2H3. The van der Waals surface area contributed by atoms with Crippen LogP contribution in [0.4, 0.5) is 0 Å². The number of likely N-dealkylation sites (tertiary alicyclic amines) is 2. The zero-order valence-electron chi connectivity index (χ0n) is 42.7. The van der Waals surface area contributed by atoms with Crippen molar-refractivity contribution >= 4 is 99.3 Å². The van der Waals surface area contributed by atoms with E-state index in [-0.39, 0.29) is 11.1 Å². The van der Waals surface area contributed by atoms with Gasteiger partial charge in [0.25, 0.3) is 11.1 Å². The van der Waals surface area contributed by atoms with E-state index in [1.165, 1.54) is 109 Å². The van der Waals surface area contributed by atoms with Crippen LogP contribution >= 0.6 is 0 Å². The van der Waals surface area contributed by atoms with Crippen molar-refractivity contribution < 1.29 is 0 Å². The van der Waals surface area contributed by atoms with Gasteiger partial charge in [0.15, 0.2) is 0 Å². The second kappa shape index (κ2) is 18.6. The third-order valence-electron chi connectivity index (χ3n) is 17.7. The Labute approximate surface area is 412 Å². The lowest BCUT2D eigenvalue weighted by Crippen LogP contribution is -2.45. The summed E-state index contributed by atoms with van der Waals surface area (Å²) in [4.78, 5) is 45.4. The van der Waals surface area contributed by atoms with E-state index < -0.39 is 0 Å². The van der Waals surface area contributed by atoms with Gasteiger partial charge >= 0.3 is 0 Å². The van der Waals surface area contributed by atoms with Gasteiger partial charge in [-0.25, -0.2) is 0 Å². The molecule has 366 valence electrons. The summed E-state index contributed by atoms with van der Waals surface area (Å²) in [6.45, 7) is 31.7. The molecule has 6 heterocycles. The first kappa shape index (κ1) is 46.2. The van der Waals surface area contributed by atoms with E-state index in [2.05, 4.69) is 84.5 Å². The fourth-order valence-electron chi connectivity index (χ4n) is 13.7. The van der Waals surface area contributed by atoms with Gasteiger partial charge in [-0.1, -0.05) is 52.0 Å². The highest BCUT2D eigenvalue weighted by atomic mass is 16.2. The summed E-state index contributed by atoms with van der Waals surface area (Å²) in [6.07, 6.45) is 9.28. The summed E-state index contributed by atoms with van der Waals surface area (Å²) < 4.78 is 4.02. The smallest absolute Gasteiger partial charge is 0.261 e. The molecule has 9 aromatic rings. The number of piperazine rings is 2. The number of rotatable bonds is 12. The predicted molar refractivity (Wildman–Crippen MR) is 297 cm³/mol. The summed E-state index contributed by atoms with van der Waals surface area (Å²) >= 11 is 0. The molecule has 0 spiro atoms. The molecule has 0 amide bonds. The van der Waals surface area contributed by atoms with Crippen LogP contribution in [0.15, 0.2) is 46.0 Å². The van der Waals surface area contributed by atoms with Gasteiger partial charge < -0.3 is 34.0 Å². The predicted octanol–water partition coefficient (Wildman–Crippen LogP) is 7.39. The first-order valence-electron chi connectivity index (χ1n) is 27.3. The van der Waals surface area contributed by atoms with Crippen molar-refractivity contribution in [3.05, 3.63) is 78.9 Å². The molecule has 0 saturated carbocycles. The largest absolute Gasteiger partial charge is 0.340 e. The first-order valence-corrected chi connectivity index (χ1v) is 27.3. The molecule has 7 aromatic carbocycles. The summed E-state index contributed by atoms with van der Waals surface area (Å²) in [5, 5.41) is 20.2. The molecule has 4 aliphatic heterocycles. The molecule has 2 aromatic heterocycles. The van der Waals surface area contributed by atoms with Crippen molar-refractivity contribution in [3.8, 4) is 0 Å². The number of nitrogens with zero attached hydrogens (tertiary/aromatic N) is 8. The van der Waals surface area contributed by atoms with Crippen LogP contribution < -0.4 is 21.8 Å². The molecule has 0 N–H and O–H groups in total. The van der Waals surface area contributed by atoms with Crippen LogP contribution in [0.3, 0.4) is 0 Å².